The van der Waals surface area contributed by atoms with Gasteiger partial charge in [-0.3, -0.25) is 4.79 Å². The highest BCUT2D eigenvalue weighted by atomic mass is 16.6. The Morgan fingerprint density at radius 1 is 0.792 bits per heavy atom. The van der Waals surface area contributed by atoms with Gasteiger partial charge in [-0.2, -0.15) is 0 Å². The Hall–Kier alpha value is -0.610. The van der Waals surface area contributed by atoms with Crippen LogP contribution in [-0.4, -0.2) is 35.0 Å². The molecule has 0 atom stereocenters. The van der Waals surface area contributed by atoms with Crippen LogP contribution in [0.4, 0.5) is 0 Å². The van der Waals surface area contributed by atoms with Crippen molar-refractivity contribution < 1.29 is 19.7 Å². The van der Waals surface area contributed by atoms with Gasteiger partial charge in [-0.15, -0.1) is 0 Å². The predicted octanol–water partition coefficient (Wildman–Crippen LogP) is 4.75. The Morgan fingerprint density at radius 3 is 1.62 bits per heavy atom. The van der Waals surface area contributed by atoms with Crippen LogP contribution in [0.1, 0.15) is 104 Å². The van der Waals surface area contributed by atoms with E-state index in [1.807, 2.05) is 0 Å². The molecule has 4 nitrogen and oxygen atoms in total. The van der Waals surface area contributed by atoms with Gasteiger partial charge in [0.1, 0.15) is 5.60 Å². The summed E-state index contributed by atoms with van der Waals surface area (Å²) in [6, 6.07) is 0. The highest BCUT2D eigenvalue weighted by Crippen LogP contribution is 2.21. The molecule has 0 unspecified atom stereocenters. The quantitative estimate of drug-likeness (QED) is 0.295. The number of rotatable bonds is 17. The van der Waals surface area contributed by atoms with Crippen molar-refractivity contribution in [2.24, 2.45) is 0 Å². The molecule has 0 aromatic rings. The largest absolute Gasteiger partial charge is 0.459 e. The molecule has 0 bridgehead atoms. The summed E-state index contributed by atoms with van der Waals surface area (Å²) in [5, 5.41) is 18.1. The molecule has 0 saturated carbocycles. The molecule has 0 rings (SSSR count). The third-order valence-corrected chi connectivity index (χ3v) is 4.63. The molecule has 0 saturated heterocycles. The van der Waals surface area contributed by atoms with E-state index in [-0.39, 0.29) is 19.2 Å². The van der Waals surface area contributed by atoms with E-state index in [1.165, 1.54) is 57.8 Å². The Morgan fingerprint density at radius 2 is 1.21 bits per heavy atom. The molecule has 144 valence electrons. The molecule has 0 radical (unpaired) electrons. The van der Waals surface area contributed by atoms with Crippen molar-refractivity contribution in [3.8, 4) is 0 Å². The number of esters is 1. The zero-order valence-electron chi connectivity index (χ0n) is 16.0. The van der Waals surface area contributed by atoms with Crippen molar-refractivity contribution in [1.29, 1.82) is 0 Å². The molecule has 0 aliphatic heterocycles. The van der Waals surface area contributed by atoms with Crippen molar-refractivity contribution >= 4 is 5.97 Å². The summed E-state index contributed by atoms with van der Waals surface area (Å²) < 4.78 is 5.45. The maximum Gasteiger partial charge on any atom is 0.306 e. The zero-order chi connectivity index (χ0) is 18.1. The summed E-state index contributed by atoms with van der Waals surface area (Å²) in [6.45, 7) is 3.94. The van der Waals surface area contributed by atoms with E-state index in [2.05, 4.69) is 6.92 Å². The first kappa shape index (κ1) is 23.4. The second kappa shape index (κ2) is 15.9. The fourth-order valence-corrected chi connectivity index (χ4v) is 2.96. The molecule has 0 amide bonds. The second-order valence-corrected chi connectivity index (χ2v) is 7.16. The van der Waals surface area contributed by atoms with Crippen LogP contribution in [0.2, 0.25) is 0 Å². The first-order valence-corrected chi connectivity index (χ1v) is 10.0. The lowest BCUT2D eigenvalue weighted by Crippen LogP contribution is -2.34. The van der Waals surface area contributed by atoms with Crippen LogP contribution in [0.3, 0.4) is 0 Å². The molecule has 0 spiro atoms. The van der Waals surface area contributed by atoms with E-state index in [4.69, 9.17) is 14.9 Å². The van der Waals surface area contributed by atoms with Gasteiger partial charge >= 0.3 is 5.97 Å². The van der Waals surface area contributed by atoms with Crippen molar-refractivity contribution in [2.75, 3.05) is 13.2 Å². The van der Waals surface area contributed by atoms with Gasteiger partial charge in [0.05, 0.1) is 0 Å². The van der Waals surface area contributed by atoms with Gasteiger partial charge in [-0.25, -0.2) is 0 Å². The van der Waals surface area contributed by atoms with Crippen LogP contribution < -0.4 is 0 Å². The number of hydrogen-bond donors (Lipinski definition) is 2. The molecule has 0 heterocycles. The molecular formula is C20H40O4. The Bertz CT molecular complexity index is 285. The van der Waals surface area contributed by atoms with Crippen molar-refractivity contribution in [3.05, 3.63) is 0 Å². The van der Waals surface area contributed by atoms with Gasteiger partial charge in [0.15, 0.2) is 0 Å². The molecule has 24 heavy (non-hydrogen) atoms. The summed E-state index contributed by atoms with van der Waals surface area (Å²) >= 11 is 0. The topological polar surface area (TPSA) is 66.8 Å². The monoisotopic (exact) mass is 344 g/mol. The standard InChI is InChI=1S/C20H40O4/c1-3-4-5-6-7-8-9-10-11-12-13-14-19(23)24-20(2,15-17-21)16-18-22/h21-22H,3-18H2,1-2H3. The Labute approximate surface area is 149 Å². The third-order valence-electron chi connectivity index (χ3n) is 4.63. The highest BCUT2D eigenvalue weighted by Gasteiger charge is 2.27. The minimum absolute atomic E-state index is 0.0395. The molecular weight excluding hydrogens is 304 g/mol. The highest BCUT2D eigenvalue weighted by molar-refractivity contribution is 5.69. The van der Waals surface area contributed by atoms with Crippen molar-refractivity contribution in [3.63, 3.8) is 0 Å². The Kier molecular flexibility index (Phi) is 15.5. The van der Waals surface area contributed by atoms with E-state index in [0.717, 1.165) is 12.8 Å². The smallest absolute Gasteiger partial charge is 0.306 e. The van der Waals surface area contributed by atoms with Crippen LogP contribution in [0.5, 0.6) is 0 Å². The first-order valence-electron chi connectivity index (χ1n) is 10.0. The molecule has 0 aliphatic rings. The van der Waals surface area contributed by atoms with E-state index in [1.54, 1.807) is 6.92 Å². The maximum absolute atomic E-state index is 11.9. The lowest BCUT2D eigenvalue weighted by molar-refractivity contribution is -0.161. The van der Waals surface area contributed by atoms with E-state index >= 15 is 0 Å². The number of ether oxygens (including phenoxy) is 1. The average Bonchev–Trinajstić information content (AvgIpc) is 2.52. The average molecular weight is 345 g/mol. The maximum atomic E-state index is 11.9. The van der Waals surface area contributed by atoms with E-state index < -0.39 is 5.60 Å². The number of aliphatic hydroxyl groups is 2. The fourth-order valence-electron chi connectivity index (χ4n) is 2.96. The molecule has 0 aliphatic carbocycles. The molecule has 4 heteroatoms. The summed E-state index contributed by atoms with van der Waals surface area (Å²) in [6.07, 6.45) is 15.0. The minimum atomic E-state index is -0.738. The van der Waals surface area contributed by atoms with Crippen molar-refractivity contribution in [2.45, 2.75) is 109 Å². The van der Waals surface area contributed by atoms with E-state index in [0.29, 0.717) is 19.3 Å². The molecule has 0 fully saturated rings. The summed E-state index contributed by atoms with van der Waals surface area (Å²) in [5.41, 5.74) is -0.738. The van der Waals surface area contributed by atoms with Gasteiger partial charge in [-0.1, -0.05) is 71.1 Å². The number of aliphatic hydroxyl groups excluding tert-OH is 2. The summed E-state index contributed by atoms with van der Waals surface area (Å²) in [4.78, 5) is 11.9. The predicted molar refractivity (Wildman–Crippen MR) is 99.0 cm³/mol. The fraction of sp³-hybridized carbons (Fsp3) is 0.950. The van der Waals surface area contributed by atoms with Crippen LogP contribution >= 0.6 is 0 Å². The van der Waals surface area contributed by atoms with Crippen LogP contribution in [0.15, 0.2) is 0 Å². The lowest BCUT2D eigenvalue weighted by atomic mass is 9.98. The second-order valence-electron chi connectivity index (χ2n) is 7.16. The van der Waals surface area contributed by atoms with E-state index in [9.17, 15) is 4.79 Å². The van der Waals surface area contributed by atoms with Gasteiger partial charge in [-0.05, 0) is 13.3 Å². The summed E-state index contributed by atoms with van der Waals surface area (Å²) in [5.74, 6) is -0.213. The molecule has 0 aromatic carbocycles. The van der Waals surface area contributed by atoms with Crippen molar-refractivity contribution in [1.82, 2.24) is 0 Å². The van der Waals surface area contributed by atoms with Crippen LogP contribution in [-0.2, 0) is 9.53 Å². The number of carbonyl (C=O) groups is 1. The molecule has 2 N–H and O–H groups in total. The van der Waals surface area contributed by atoms with Gasteiger partial charge < -0.3 is 14.9 Å². The number of unbranched alkanes of at least 4 members (excludes halogenated alkanes) is 10. The zero-order valence-corrected chi connectivity index (χ0v) is 16.0. The minimum Gasteiger partial charge on any atom is -0.459 e. The number of carbonyl (C=O) groups excluding carboxylic acids is 1. The normalized spacial score (nSPS) is 11.7. The van der Waals surface area contributed by atoms with Gasteiger partial charge in [0.2, 0.25) is 0 Å². The summed E-state index contributed by atoms with van der Waals surface area (Å²) in [7, 11) is 0. The van der Waals surface area contributed by atoms with Gasteiger partial charge in [0, 0.05) is 32.5 Å². The first-order chi connectivity index (χ1) is 11.6. The third kappa shape index (κ3) is 13.8. The Balaban J connectivity index is 3.54. The van der Waals surface area contributed by atoms with Crippen LogP contribution in [0.25, 0.3) is 0 Å². The number of hydrogen-bond acceptors (Lipinski definition) is 4. The lowest BCUT2D eigenvalue weighted by Gasteiger charge is -2.28. The van der Waals surface area contributed by atoms with Gasteiger partial charge in [0.25, 0.3) is 0 Å². The SMILES string of the molecule is CCCCCCCCCCCCCC(=O)OC(C)(CCO)CCO. The van der Waals surface area contributed by atoms with Crippen LogP contribution in [0, 0.1) is 0 Å². The molecule has 0 aromatic heterocycles.